The Hall–Kier alpha value is -0.690. The molecule has 1 fully saturated rings. The Balaban J connectivity index is 2.33. The molecule has 0 radical (unpaired) electrons. The third-order valence-corrected chi connectivity index (χ3v) is 3.22. The molecule has 17 heavy (non-hydrogen) atoms. The van der Waals surface area contributed by atoms with Crippen LogP contribution in [0.25, 0.3) is 0 Å². The van der Waals surface area contributed by atoms with Crippen LogP contribution < -0.4 is 11.3 Å². The number of carbonyl (C=O) groups excluding carboxylic acids is 1. The van der Waals surface area contributed by atoms with E-state index in [4.69, 9.17) is 10.9 Å². The lowest BCUT2D eigenvalue weighted by Crippen LogP contribution is -2.41. The average Bonchev–Trinajstić information content (AvgIpc) is 2.54. The van der Waals surface area contributed by atoms with Gasteiger partial charge in [0.05, 0.1) is 6.61 Å². The lowest BCUT2D eigenvalue weighted by atomic mass is 10.1. The van der Waals surface area contributed by atoms with Crippen molar-refractivity contribution in [2.24, 2.45) is 11.8 Å². The summed E-state index contributed by atoms with van der Waals surface area (Å²) in [5.41, 5.74) is 2.19. The Labute approximate surface area is 103 Å². The zero-order chi connectivity index (χ0) is 12.7. The lowest BCUT2D eigenvalue weighted by molar-refractivity contribution is -0.125. The van der Waals surface area contributed by atoms with Crippen molar-refractivity contribution in [2.45, 2.75) is 13.3 Å². The second kappa shape index (κ2) is 7.60. The van der Waals surface area contributed by atoms with Gasteiger partial charge in [-0.15, -0.1) is 0 Å². The van der Waals surface area contributed by atoms with Crippen LogP contribution in [0.15, 0.2) is 0 Å². The van der Waals surface area contributed by atoms with Gasteiger partial charge in [-0.25, -0.2) is 5.84 Å². The summed E-state index contributed by atoms with van der Waals surface area (Å²) < 4.78 is 0. The average molecular weight is 244 g/mol. The molecule has 0 spiro atoms. The predicted octanol–water partition coefficient (Wildman–Crippen LogP) is -1.39. The molecule has 0 saturated carbocycles. The highest BCUT2D eigenvalue weighted by Crippen LogP contribution is 2.06. The van der Waals surface area contributed by atoms with Crippen molar-refractivity contribution in [3.8, 4) is 0 Å². The smallest absolute Gasteiger partial charge is 0.237 e. The quantitative estimate of drug-likeness (QED) is 0.315. The van der Waals surface area contributed by atoms with E-state index in [1.807, 2.05) is 6.92 Å². The summed E-state index contributed by atoms with van der Waals surface area (Å²) in [5.74, 6) is 4.93. The van der Waals surface area contributed by atoms with Gasteiger partial charge in [-0.2, -0.15) is 0 Å². The van der Waals surface area contributed by atoms with Gasteiger partial charge in [0.15, 0.2) is 0 Å². The monoisotopic (exact) mass is 244 g/mol. The number of rotatable bonds is 5. The molecule has 0 bridgehead atoms. The molecule has 4 N–H and O–H groups in total. The van der Waals surface area contributed by atoms with Gasteiger partial charge in [-0.1, -0.05) is 6.92 Å². The van der Waals surface area contributed by atoms with Gasteiger partial charge in [0.2, 0.25) is 5.91 Å². The lowest BCUT2D eigenvalue weighted by Gasteiger charge is -2.23. The number of nitrogens with one attached hydrogen (secondary N) is 1. The molecule has 1 heterocycles. The molecule has 1 rings (SSSR count). The minimum atomic E-state index is -0.110. The third kappa shape index (κ3) is 4.99. The summed E-state index contributed by atoms with van der Waals surface area (Å²) in [7, 11) is 0. The highest BCUT2D eigenvalue weighted by Gasteiger charge is 2.19. The van der Waals surface area contributed by atoms with Crippen molar-refractivity contribution in [2.75, 3.05) is 45.9 Å². The number of hydrogen-bond acceptors (Lipinski definition) is 5. The number of carbonyl (C=O) groups is 1. The molecule has 1 amide bonds. The highest BCUT2D eigenvalue weighted by molar-refractivity contribution is 5.77. The second-order valence-electron chi connectivity index (χ2n) is 4.63. The first-order chi connectivity index (χ1) is 8.17. The van der Waals surface area contributed by atoms with Gasteiger partial charge in [-0.05, 0) is 19.5 Å². The molecular formula is C11H24N4O2. The zero-order valence-electron chi connectivity index (χ0n) is 10.6. The first-order valence-electron chi connectivity index (χ1n) is 6.23. The van der Waals surface area contributed by atoms with Gasteiger partial charge in [0.25, 0.3) is 0 Å². The number of nitrogens with zero attached hydrogens (tertiary/aromatic N) is 2. The van der Waals surface area contributed by atoms with Crippen LogP contribution in [0.2, 0.25) is 0 Å². The molecule has 1 atom stereocenters. The maximum absolute atomic E-state index is 11.3. The first kappa shape index (κ1) is 14.4. The van der Waals surface area contributed by atoms with E-state index in [0.717, 1.165) is 45.7 Å². The molecule has 1 aliphatic heterocycles. The maximum atomic E-state index is 11.3. The molecule has 1 aliphatic rings. The number of amides is 1. The maximum Gasteiger partial charge on any atom is 0.237 e. The van der Waals surface area contributed by atoms with Gasteiger partial charge in [-0.3, -0.25) is 15.1 Å². The van der Waals surface area contributed by atoms with Crippen LogP contribution in [-0.2, 0) is 4.79 Å². The van der Waals surface area contributed by atoms with E-state index < -0.39 is 0 Å². The van der Waals surface area contributed by atoms with Crippen molar-refractivity contribution >= 4 is 5.91 Å². The van der Waals surface area contributed by atoms with Crippen molar-refractivity contribution in [1.29, 1.82) is 0 Å². The van der Waals surface area contributed by atoms with Crippen molar-refractivity contribution in [1.82, 2.24) is 15.2 Å². The number of hydrogen-bond donors (Lipinski definition) is 3. The van der Waals surface area contributed by atoms with Crippen LogP contribution in [0.1, 0.15) is 13.3 Å². The molecule has 0 aromatic carbocycles. The molecule has 1 saturated heterocycles. The van der Waals surface area contributed by atoms with Crippen LogP contribution in [0, 0.1) is 5.92 Å². The van der Waals surface area contributed by atoms with E-state index in [1.165, 1.54) is 0 Å². The van der Waals surface area contributed by atoms with Crippen molar-refractivity contribution < 1.29 is 9.90 Å². The third-order valence-electron chi connectivity index (χ3n) is 3.22. The Kier molecular flexibility index (Phi) is 6.43. The van der Waals surface area contributed by atoms with E-state index in [1.54, 1.807) is 0 Å². The fraction of sp³-hybridized carbons (Fsp3) is 0.909. The normalized spacial score (nSPS) is 20.9. The van der Waals surface area contributed by atoms with E-state index in [9.17, 15) is 4.79 Å². The Morgan fingerprint density at radius 3 is 2.65 bits per heavy atom. The summed E-state index contributed by atoms with van der Waals surface area (Å²) in [5, 5.41) is 8.90. The molecular weight excluding hydrogens is 220 g/mol. The Bertz CT molecular complexity index is 238. The summed E-state index contributed by atoms with van der Waals surface area (Å²) in [6.45, 7) is 7.52. The second-order valence-corrected chi connectivity index (χ2v) is 4.63. The zero-order valence-corrected chi connectivity index (χ0v) is 10.6. The number of aliphatic hydroxyl groups excluding tert-OH is 1. The van der Waals surface area contributed by atoms with Gasteiger partial charge in [0, 0.05) is 32.1 Å². The van der Waals surface area contributed by atoms with Crippen LogP contribution in [0.3, 0.4) is 0 Å². The number of β-amino-alcohol motifs (C(OH)–C–C–N with tert-alkyl or cyclic N) is 1. The fourth-order valence-corrected chi connectivity index (χ4v) is 2.18. The molecule has 0 aromatic heterocycles. The summed E-state index contributed by atoms with van der Waals surface area (Å²) in [4.78, 5) is 15.9. The minimum Gasteiger partial charge on any atom is -0.395 e. The molecule has 1 unspecified atom stereocenters. The number of nitrogens with two attached hydrogens (primary N) is 1. The van der Waals surface area contributed by atoms with Crippen LogP contribution in [0.5, 0.6) is 0 Å². The van der Waals surface area contributed by atoms with Crippen LogP contribution >= 0.6 is 0 Å². The summed E-state index contributed by atoms with van der Waals surface area (Å²) in [6, 6.07) is 0. The first-order valence-corrected chi connectivity index (χ1v) is 6.23. The predicted molar refractivity (Wildman–Crippen MR) is 66.1 cm³/mol. The Morgan fingerprint density at radius 1 is 1.35 bits per heavy atom. The fourth-order valence-electron chi connectivity index (χ4n) is 2.18. The largest absolute Gasteiger partial charge is 0.395 e. The summed E-state index contributed by atoms with van der Waals surface area (Å²) >= 11 is 0. The Morgan fingerprint density at radius 2 is 2.00 bits per heavy atom. The van der Waals surface area contributed by atoms with Crippen molar-refractivity contribution in [3.63, 3.8) is 0 Å². The van der Waals surface area contributed by atoms with E-state index in [0.29, 0.717) is 0 Å². The number of aliphatic hydroxyl groups is 1. The van der Waals surface area contributed by atoms with E-state index in [2.05, 4.69) is 15.2 Å². The topological polar surface area (TPSA) is 81.8 Å². The van der Waals surface area contributed by atoms with Gasteiger partial charge < -0.3 is 10.0 Å². The van der Waals surface area contributed by atoms with E-state index >= 15 is 0 Å². The molecule has 6 heteroatoms. The van der Waals surface area contributed by atoms with Crippen LogP contribution in [-0.4, -0.2) is 66.7 Å². The minimum absolute atomic E-state index is 0.0793. The summed E-state index contributed by atoms with van der Waals surface area (Å²) in [6.07, 6.45) is 1.08. The SMILES string of the molecule is CC(CN1CCCN(CCO)CC1)C(=O)NN. The van der Waals surface area contributed by atoms with Crippen molar-refractivity contribution in [3.05, 3.63) is 0 Å². The highest BCUT2D eigenvalue weighted by atomic mass is 16.3. The molecule has 100 valence electrons. The van der Waals surface area contributed by atoms with E-state index in [-0.39, 0.29) is 18.4 Å². The van der Waals surface area contributed by atoms with Crippen LogP contribution in [0.4, 0.5) is 0 Å². The molecule has 0 aliphatic carbocycles. The number of hydrazine groups is 1. The molecule has 6 nitrogen and oxygen atoms in total. The van der Waals surface area contributed by atoms with Gasteiger partial charge >= 0.3 is 0 Å². The van der Waals surface area contributed by atoms with Gasteiger partial charge in [0.1, 0.15) is 0 Å². The standard InChI is InChI=1S/C11H24N4O2/c1-10(11(17)13-12)9-15-4-2-3-14(5-6-15)7-8-16/h10,16H,2-9,12H2,1H3,(H,13,17). The molecule has 0 aromatic rings.